The third-order valence-corrected chi connectivity index (χ3v) is 3.26. The average molecular weight is 304 g/mol. The lowest BCUT2D eigenvalue weighted by Gasteiger charge is -2.28. The normalized spacial score (nSPS) is 12.3. The Hall–Kier alpha value is -1.84. The van der Waals surface area contributed by atoms with E-state index in [0.717, 1.165) is 5.56 Å². The third-order valence-electron chi connectivity index (χ3n) is 3.26. The number of carbonyl (C=O) groups is 2. The minimum atomic E-state index is -1.49. The second-order valence-corrected chi connectivity index (χ2v) is 8.18. The molecule has 0 unspecified atom stereocenters. The lowest BCUT2D eigenvalue weighted by atomic mass is 9.78. The van der Waals surface area contributed by atoms with E-state index in [-0.39, 0.29) is 22.0 Å². The van der Waals surface area contributed by atoms with Crippen LogP contribution in [0.15, 0.2) is 12.1 Å². The quantitative estimate of drug-likeness (QED) is 0.846. The summed E-state index contributed by atoms with van der Waals surface area (Å²) in [4.78, 5) is 22.8. The number of hydrogen-bond acceptors (Lipinski definition) is 4. The fourth-order valence-corrected chi connectivity index (χ4v) is 2.56. The molecule has 22 heavy (non-hydrogen) atoms. The van der Waals surface area contributed by atoms with Crippen molar-refractivity contribution in [3.8, 4) is 0 Å². The van der Waals surface area contributed by atoms with E-state index in [0.29, 0.717) is 18.4 Å². The Kier molecular flexibility index (Phi) is 5.06. The Labute approximate surface area is 132 Å². The zero-order chi connectivity index (χ0) is 17.3. The zero-order valence-electron chi connectivity index (χ0n) is 14.2. The lowest BCUT2D eigenvalue weighted by Crippen LogP contribution is -2.33. The number of rotatable bonds is 4. The van der Waals surface area contributed by atoms with Crippen LogP contribution in [0.25, 0.3) is 0 Å². The second-order valence-electron chi connectivity index (χ2n) is 8.18. The Morgan fingerprint density at radius 1 is 0.864 bits per heavy atom. The molecule has 122 valence electrons. The summed E-state index contributed by atoms with van der Waals surface area (Å²) in [5.41, 5.74) is 0.629. The molecular weight excluding hydrogens is 280 g/mol. The molecule has 0 heterocycles. The van der Waals surface area contributed by atoms with Gasteiger partial charge < -0.3 is 19.8 Å². The smallest absolute Gasteiger partial charge is 0.0724 e. The Morgan fingerprint density at radius 2 is 1.36 bits per heavy atom. The van der Waals surface area contributed by atoms with Crippen molar-refractivity contribution in [2.24, 2.45) is 10.8 Å². The van der Waals surface area contributed by atoms with Gasteiger partial charge in [-0.3, -0.25) is 0 Å². The summed E-state index contributed by atoms with van der Waals surface area (Å²) >= 11 is 0. The monoisotopic (exact) mass is 304 g/mol. The SMILES string of the molecule is CC(C)(C)Cc1ccc(C(=O)[O-])c(C(=O)[O-])c1CC(C)(C)C. The Balaban J connectivity index is 3.62. The molecule has 0 N–H and O–H groups in total. The number of aromatic carboxylic acids is 2. The van der Waals surface area contributed by atoms with Crippen LogP contribution >= 0.6 is 0 Å². The highest BCUT2D eigenvalue weighted by Gasteiger charge is 2.23. The molecule has 4 nitrogen and oxygen atoms in total. The van der Waals surface area contributed by atoms with Crippen LogP contribution in [-0.4, -0.2) is 11.9 Å². The molecular formula is C18H24O4-2. The van der Waals surface area contributed by atoms with E-state index in [2.05, 4.69) is 20.8 Å². The first-order chi connectivity index (χ1) is 9.82. The maximum atomic E-state index is 11.5. The predicted octanol–water partition coefficient (Wildman–Crippen LogP) is 1.59. The summed E-state index contributed by atoms with van der Waals surface area (Å²) in [6, 6.07) is 3.01. The first kappa shape index (κ1) is 18.2. The summed E-state index contributed by atoms with van der Waals surface area (Å²) in [7, 11) is 0. The van der Waals surface area contributed by atoms with Gasteiger partial charge in [0.05, 0.1) is 11.9 Å². The number of hydrogen-bond donors (Lipinski definition) is 0. The van der Waals surface area contributed by atoms with Gasteiger partial charge in [-0.25, -0.2) is 0 Å². The minimum absolute atomic E-state index is 0.0428. The van der Waals surface area contributed by atoms with Gasteiger partial charge in [0.15, 0.2) is 0 Å². The molecule has 0 saturated heterocycles. The highest BCUT2D eigenvalue weighted by molar-refractivity contribution is 6.01. The van der Waals surface area contributed by atoms with Gasteiger partial charge in [0.25, 0.3) is 0 Å². The summed E-state index contributed by atoms with van der Waals surface area (Å²) in [5.74, 6) is -2.95. The van der Waals surface area contributed by atoms with Gasteiger partial charge in [-0.05, 0) is 34.8 Å². The standard InChI is InChI=1S/C18H26O4/c1-17(2,3)9-11-7-8-12(15(19)20)14(16(21)22)13(11)10-18(4,5)6/h7-8H,9-10H2,1-6H3,(H,19,20)(H,21,22)/p-2. The van der Waals surface area contributed by atoms with Gasteiger partial charge >= 0.3 is 0 Å². The Morgan fingerprint density at radius 3 is 1.73 bits per heavy atom. The molecule has 0 amide bonds. The average Bonchev–Trinajstić information content (AvgIpc) is 2.26. The fraction of sp³-hybridized carbons (Fsp3) is 0.556. The first-order valence-electron chi connectivity index (χ1n) is 7.39. The fourth-order valence-electron chi connectivity index (χ4n) is 2.56. The van der Waals surface area contributed by atoms with Crippen LogP contribution in [0, 0.1) is 10.8 Å². The van der Waals surface area contributed by atoms with Crippen LogP contribution in [0.5, 0.6) is 0 Å². The molecule has 1 aromatic rings. The van der Waals surface area contributed by atoms with Crippen LogP contribution in [0.2, 0.25) is 0 Å². The largest absolute Gasteiger partial charge is 0.545 e. The van der Waals surface area contributed by atoms with E-state index in [9.17, 15) is 19.8 Å². The molecule has 0 spiro atoms. The second kappa shape index (κ2) is 6.11. The number of carboxylic acids is 2. The molecule has 0 radical (unpaired) electrons. The van der Waals surface area contributed by atoms with Crippen molar-refractivity contribution in [3.05, 3.63) is 34.4 Å². The maximum Gasteiger partial charge on any atom is 0.0724 e. The highest BCUT2D eigenvalue weighted by atomic mass is 16.4. The van der Waals surface area contributed by atoms with Gasteiger partial charge in [0.2, 0.25) is 0 Å². The highest BCUT2D eigenvalue weighted by Crippen LogP contribution is 2.31. The molecule has 4 heteroatoms. The molecule has 0 aliphatic heterocycles. The van der Waals surface area contributed by atoms with E-state index >= 15 is 0 Å². The number of carbonyl (C=O) groups excluding carboxylic acids is 2. The van der Waals surface area contributed by atoms with Crippen LogP contribution in [0.4, 0.5) is 0 Å². The topological polar surface area (TPSA) is 80.3 Å². The molecule has 0 saturated carbocycles. The van der Waals surface area contributed by atoms with Crippen LogP contribution in [-0.2, 0) is 12.8 Å². The molecule has 0 atom stereocenters. The number of benzene rings is 1. The van der Waals surface area contributed by atoms with Gasteiger partial charge in [-0.1, -0.05) is 53.7 Å². The van der Waals surface area contributed by atoms with Crippen molar-refractivity contribution in [2.75, 3.05) is 0 Å². The van der Waals surface area contributed by atoms with Crippen molar-refractivity contribution < 1.29 is 19.8 Å². The summed E-state index contributed by atoms with van der Waals surface area (Å²) in [6.07, 6.45) is 1.12. The van der Waals surface area contributed by atoms with Gasteiger partial charge in [-0.2, -0.15) is 0 Å². The van der Waals surface area contributed by atoms with Crippen molar-refractivity contribution in [1.82, 2.24) is 0 Å². The Bertz CT molecular complexity index is 586. The van der Waals surface area contributed by atoms with Crippen LogP contribution in [0.1, 0.15) is 73.4 Å². The molecule has 0 fully saturated rings. The van der Waals surface area contributed by atoms with Gasteiger partial charge in [0, 0.05) is 11.1 Å². The molecule has 1 rings (SSSR count). The van der Waals surface area contributed by atoms with Gasteiger partial charge in [-0.15, -0.1) is 0 Å². The van der Waals surface area contributed by atoms with Crippen molar-refractivity contribution in [3.63, 3.8) is 0 Å². The van der Waals surface area contributed by atoms with Gasteiger partial charge in [0.1, 0.15) is 0 Å². The van der Waals surface area contributed by atoms with Crippen LogP contribution < -0.4 is 10.2 Å². The summed E-state index contributed by atoms with van der Waals surface area (Å²) in [6.45, 7) is 12.1. The van der Waals surface area contributed by atoms with E-state index in [1.54, 1.807) is 6.07 Å². The molecule has 0 aromatic heterocycles. The maximum absolute atomic E-state index is 11.5. The molecule has 0 aliphatic carbocycles. The van der Waals surface area contributed by atoms with E-state index < -0.39 is 11.9 Å². The lowest BCUT2D eigenvalue weighted by molar-refractivity contribution is -0.259. The molecule has 0 aliphatic rings. The van der Waals surface area contributed by atoms with E-state index in [4.69, 9.17) is 0 Å². The predicted molar refractivity (Wildman–Crippen MR) is 81.4 cm³/mol. The third kappa shape index (κ3) is 4.86. The van der Waals surface area contributed by atoms with Crippen molar-refractivity contribution in [2.45, 2.75) is 54.4 Å². The number of carboxylic acid groups (broad SMARTS) is 2. The summed E-state index contributed by atoms with van der Waals surface area (Å²) in [5, 5.41) is 22.8. The first-order valence-corrected chi connectivity index (χ1v) is 7.39. The minimum Gasteiger partial charge on any atom is -0.545 e. The van der Waals surface area contributed by atoms with E-state index in [1.807, 2.05) is 20.8 Å². The van der Waals surface area contributed by atoms with Crippen molar-refractivity contribution >= 4 is 11.9 Å². The van der Waals surface area contributed by atoms with Crippen molar-refractivity contribution in [1.29, 1.82) is 0 Å². The molecule has 1 aromatic carbocycles. The molecule has 0 bridgehead atoms. The zero-order valence-corrected chi connectivity index (χ0v) is 14.2. The van der Waals surface area contributed by atoms with Crippen LogP contribution in [0.3, 0.4) is 0 Å². The van der Waals surface area contributed by atoms with E-state index in [1.165, 1.54) is 6.07 Å². The summed E-state index contributed by atoms with van der Waals surface area (Å²) < 4.78 is 0.